The highest BCUT2D eigenvalue weighted by Crippen LogP contribution is 2.47. The molecule has 18 heavy (non-hydrogen) atoms. The Morgan fingerprint density at radius 3 is 2.78 bits per heavy atom. The van der Waals surface area contributed by atoms with Crippen molar-refractivity contribution < 1.29 is 9.90 Å². The van der Waals surface area contributed by atoms with Gasteiger partial charge in [0.25, 0.3) is 0 Å². The molecular weight excluding hydrogens is 246 g/mol. The summed E-state index contributed by atoms with van der Waals surface area (Å²) < 4.78 is 0. The standard InChI is InChI=1S/C14H17NO2S/c16-11-6-4-5-10-12(11)18-9-14(13(17)15-10)7-2-1-3-8-14/h4-6,16H,1-3,7-9H2,(H,15,17). The van der Waals surface area contributed by atoms with Gasteiger partial charge in [0, 0.05) is 5.75 Å². The van der Waals surface area contributed by atoms with Gasteiger partial charge in [-0.2, -0.15) is 0 Å². The molecule has 0 unspecified atom stereocenters. The number of hydrogen-bond acceptors (Lipinski definition) is 3. The summed E-state index contributed by atoms with van der Waals surface area (Å²) in [5.74, 6) is 1.19. The van der Waals surface area contributed by atoms with Gasteiger partial charge < -0.3 is 10.4 Å². The van der Waals surface area contributed by atoms with E-state index in [0.29, 0.717) is 0 Å². The fourth-order valence-electron chi connectivity index (χ4n) is 2.91. The third-order valence-corrected chi connectivity index (χ3v) is 5.44. The second kappa shape index (κ2) is 4.50. The molecule has 1 heterocycles. The van der Waals surface area contributed by atoms with E-state index in [-0.39, 0.29) is 17.1 Å². The van der Waals surface area contributed by atoms with E-state index >= 15 is 0 Å². The molecular formula is C14H17NO2S. The highest BCUT2D eigenvalue weighted by Gasteiger charge is 2.41. The minimum atomic E-state index is -0.228. The lowest BCUT2D eigenvalue weighted by Crippen LogP contribution is -2.39. The van der Waals surface area contributed by atoms with Crippen LogP contribution < -0.4 is 5.32 Å². The van der Waals surface area contributed by atoms with Crippen molar-refractivity contribution in [3.05, 3.63) is 18.2 Å². The summed E-state index contributed by atoms with van der Waals surface area (Å²) in [5, 5.41) is 12.9. The van der Waals surface area contributed by atoms with Crippen molar-refractivity contribution in [1.82, 2.24) is 0 Å². The Bertz CT molecular complexity index is 481. The smallest absolute Gasteiger partial charge is 0.231 e. The molecule has 1 aromatic carbocycles. The minimum Gasteiger partial charge on any atom is -0.507 e. The average Bonchev–Trinajstić information content (AvgIpc) is 2.51. The lowest BCUT2D eigenvalue weighted by molar-refractivity contribution is -0.126. The summed E-state index contributed by atoms with van der Waals surface area (Å²) in [6.07, 6.45) is 5.45. The molecule has 0 saturated heterocycles. The molecule has 0 bridgehead atoms. The molecule has 0 aromatic heterocycles. The van der Waals surface area contributed by atoms with Crippen molar-refractivity contribution in [2.75, 3.05) is 11.1 Å². The van der Waals surface area contributed by atoms with Crippen molar-refractivity contribution in [3.8, 4) is 5.75 Å². The summed E-state index contributed by atoms with van der Waals surface area (Å²) in [6.45, 7) is 0. The highest BCUT2D eigenvalue weighted by molar-refractivity contribution is 7.99. The van der Waals surface area contributed by atoms with Crippen LogP contribution in [-0.4, -0.2) is 16.8 Å². The Labute approximate surface area is 111 Å². The second-order valence-electron chi connectivity index (χ2n) is 5.24. The minimum absolute atomic E-state index is 0.138. The van der Waals surface area contributed by atoms with Gasteiger partial charge in [-0.1, -0.05) is 25.3 Å². The number of nitrogens with one attached hydrogen (secondary N) is 1. The van der Waals surface area contributed by atoms with Crippen LogP contribution in [-0.2, 0) is 4.79 Å². The Hall–Kier alpha value is -1.16. The molecule has 2 N–H and O–H groups in total. The Kier molecular flexibility index (Phi) is 2.98. The van der Waals surface area contributed by atoms with Gasteiger partial charge in [0.05, 0.1) is 16.0 Å². The predicted octanol–water partition coefficient (Wildman–Crippen LogP) is 3.39. The molecule has 3 nitrogen and oxygen atoms in total. The first kappa shape index (κ1) is 11.9. The number of fused-ring (bicyclic) bond motifs is 1. The first-order valence-corrected chi connectivity index (χ1v) is 7.46. The van der Waals surface area contributed by atoms with E-state index in [1.807, 2.05) is 6.07 Å². The van der Waals surface area contributed by atoms with Crippen molar-refractivity contribution in [2.45, 2.75) is 37.0 Å². The van der Waals surface area contributed by atoms with E-state index < -0.39 is 0 Å². The number of thioether (sulfide) groups is 1. The maximum absolute atomic E-state index is 12.5. The van der Waals surface area contributed by atoms with Crippen LogP contribution in [0.2, 0.25) is 0 Å². The van der Waals surface area contributed by atoms with Crippen LogP contribution in [0.15, 0.2) is 23.1 Å². The molecule has 4 heteroatoms. The van der Waals surface area contributed by atoms with Gasteiger partial charge in [0.15, 0.2) is 0 Å². The lowest BCUT2D eigenvalue weighted by Gasteiger charge is -2.33. The Morgan fingerprint density at radius 2 is 2.00 bits per heavy atom. The highest BCUT2D eigenvalue weighted by atomic mass is 32.2. The van der Waals surface area contributed by atoms with E-state index in [4.69, 9.17) is 0 Å². The number of amides is 1. The molecule has 1 spiro atoms. The van der Waals surface area contributed by atoms with Crippen molar-refractivity contribution in [2.24, 2.45) is 5.41 Å². The summed E-state index contributed by atoms with van der Waals surface area (Å²) in [7, 11) is 0. The number of phenols is 1. The van der Waals surface area contributed by atoms with Gasteiger partial charge in [-0.15, -0.1) is 11.8 Å². The molecule has 2 aliphatic rings. The number of aromatic hydroxyl groups is 1. The fraction of sp³-hybridized carbons (Fsp3) is 0.500. The van der Waals surface area contributed by atoms with Crippen molar-refractivity contribution in [1.29, 1.82) is 0 Å². The van der Waals surface area contributed by atoms with Gasteiger partial charge >= 0.3 is 0 Å². The van der Waals surface area contributed by atoms with E-state index in [0.717, 1.165) is 42.0 Å². The number of benzene rings is 1. The predicted molar refractivity (Wildman–Crippen MR) is 73.0 cm³/mol. The van der Waals surface area contributed by atoms with Gasteiger partial charge in [0.1, 0.15) is 5.75 Å². The normalized spacial score (nSPS) is 22.1. The number of carbonyl (C=O) groups is 1. The maximum atomic E-state index is 12.5. The van der Waals surface area contributed by atoms with Crippen LogP contribution >= 0.6 is 11.8 Å². The van der Waals surface area contributed by atoms with Crippen molar-refractivity contribution >= 4 is 23.4 Å². The topological polar surface area (TPSA) is 49.3 Å². The molecule has 1 amide bonds. The zero-order chi connectivity index (χ0) is 12.6. The van der Waals surface area contributed by atoms with Gasteiger partial charge in [-0.3, -0.25) is 4.79 Å². The van der Waals surface area contributed by atoms with Crippen LogP contribution in [0.1, 0.15) is 32.1 Å². The summed E-state index contributed by atoms with van der Waals surface area (Å²) >= 11 is 1.61. The average molecular weight is 263 g/mol. The fourth-order valence-corrected chi connectivity index (χ4v) is 4.24. The van der Waals surface area contributed by atoms with Crippen LogP contribution in [0.25, 0.3) is 0 Å². The van der Waals surface area contributed by atoms with Crippen LogP contribution in [0, 0.1) is 5.41 Å². The number of hydrogen-bond donors (Lipinski definition) is 2. The SMILES string of the molecule is O=C1Nc2cccc(O)c2SCC12CCCCC2. The van der Waals surface area contributed by atoms with Crippen LogP contribution in [0.3, 0.4) is 0 Å². The second-order valence-corrected chi connectivity index (χ2v) is 6.22. The molecule has 1 saturated carbocycles. The van der Waals surface area contributed by atoms with Gasteiger partial charge in [-0.05, 0) is 25.0 Å². The van der Waals surface area contributed by atoms with Gasteiger partial charge in [0.2, 0.25) is 5.91 Å². The maximum Gasteiger partial charge on any atom is 0.231 e. The third-order valence-electron chi connectivity index (χ3n) is 4.03. The van der Waals surface area contributed by atoms with Gasteiger partial charge in [-0.25, -0.2) is 0 Å². The molecule has 1 aliphatic heterocycles. The first-order valence-electron chi connectivity index (χ1n) is 6.48. The number of anilines is 1. The molecule has 1 aliphatic carbocycles. The summed E-state index contributed by atoms with van der Waals surface area (Å²) in [4.78, 5) is 13.3. The quantitative estimate of drug-likeness (QED) is 0.754. The Morgan fingerprint density at radius 1 is 1.22 bits per heavy atom. The van der Waals surface area contributed by atoms with E-state index in [2.05, 4.69) is 5.32 Å². The number of rotatable bonds is 0. The van der Waals surface area contributed by atoms with Crippen LogP contribution in [0.5, 0.6) is 5.75 Å². The summed E-state index contributed by atoms with van der Waals surface area (Å²) in [6, 6.07) is 5.31. The Balaban J connectivity index is 1.95. The zero-order valence-electron chi connectivity index (χ0n) is 10.2. The number of carbonyl (C=O) groups excluding carboxylic acids is 1. The zero-order valence-corrected chi connectivity index (χ0v) is 11.1. The van der Waals surface area contributed by atoms with E-state index in [1.54, 1.807) is 23.9 Å². The molecule has 0 atom stereocenters. The molecule has 96 valence electrons. The van der Waals surface area contributed by atoms with Crippen LogP contribution in [0.4, 0.5) is 5.69 Å². The summed E-state index contributed by atoms with van der Waals surface area (Å²) in [5.41, 5.74) is 0.529. The van der Waals surface area contributed by atoms with E-state index in [9.17, 15) is 9.90 Å². The molecule has 1 aromatic rings. The monoisotopic (exact) mass is 263 g/mol. The van der Waals surface area contributed by atoms with Crippen molar-refractivity contribution in [3.63, 3.8) is 0 Å². The third kappa shape index (κ3) is 1.88. The molecule has 0 radical (unpaired) electrons. The number of phenolic OH excluding ortho intramolecular Hbond substituents is 1. The largest absolute Gasteiger partial charge is 0.507 e. The first-order chi connectivity index (χ1) is 8.71. The molecule has 1 fully saturated rings. The molecule has 3 rings (SSSR count). The van der Waals surface area contributed by atoms with E-state index in [1.165, 1.54) is 6.42 Å². The lowest BCUT2D eigenvalue weighted by atomic mass is 9.75.